The van der Waals surface area contributed by atoms with Crippen LogP contribution in [-0.4, -0.2) is 16.5 Å². The van der Waals surface area contributed by atoms with E-state index in [0.29, 0.717) is 0 Å². The molecule has 4 heteroatoms. The van der Waals surface area contributed by atoms with Gasteiger partial charge in [-0.3, -0.25) is 4.79 Å². The molecule has 0 fully saturated rings. The fraction of sp³-hybridized carbons (Fsp3) is 0.308. The molecule has 0 bridgehead atoms. The highest BCUT2D eigenvalue weighted by Crippen LogP contribution is 2.21. The van der Waals surface area contributed by atoms with E-state index in [-0.39, 0.29) is 11.9 Å². The number of amides is 1. The maximum Gasteiger partial charge on any atom is 0.263 e. The Morgan fingerprint density at radius 3 is 2.82 bits per heavy atom. The Morgan fingerprint density at radius 2 is 2.18 bits per heavy atom. The predicted molar refractivity (Wildman–Crippen MR) is 70.9 cm³/mol. The molecule has 90 valence electrons. The zero-order chi connectivity index (χ0) is 12.3. The third-order valence-corrected chi connectivity index (χ3v) is 3.63. The predicted octanol–water partition coefficient (Wildman–Crippen LogP) is 3.07. The second-order valence-electron chi connectivity index (χ2n) is 4.01. The summed E-state index contributed by atoms with van der Waals surface area (Å²) in [6.07, 6.45) is 4.83. The minimum atomic E-state index is 0.0121. The van der Waals surface area contributed by atoms with Crippen LogP contribution in [0.1, 0.15) is 29.9 Å². The van der Waals surface area contributed by atoms with Gasteiger partial charge < -0.3 is 9.88 Å². The van der Waals surface area contributed by atoms with Gasteiger partial charge in [0.1, 0.15) is 4.88 Å². The van der Waals surface area contributed by atoms with Crippen molar-refractivity contribution in [3.05, 3.63) is 40.8 Å². The summed E-state index contributed by atoms with van der Waals surface area (Å²) >= 11 is 1.48. The summed E-state index contributed by atoms with van der Waals surface area (Å²) in [5, 5.41) is 4.94. The Bertz CT molecular complexity index is 487. The SMILES string of the molecule is CC[C@@H](C)NC(=O)c1sccc1-n1cccc1. The van der Waals surface area contributed by atoms with Gasteiger partial charge in [-0.2, -0.15) is 0 Å². The number of hydrogen-bond acceptors (Lipinski definition) is 2. The second-order valence-corrected chi connectivity index (χ2v) is 4.92. The quantitative estimate of drug-likeness (QED) is 0.886. The summed E-state index contributed by atoms with van der Waals surface area (Å²) in [4.78, 5) is 12.8. The van der Waals surface area contributed by atoms with E-state index in [1.807, 2.05) is 47.5 Å². The number of carbonyl (C=O) groups excluding carboxylic acids is 1. The van der Waals surface area contributed by atoms with E-state index in [1.54, 1.807) is 0 Å². The van der Waals surface area contributed by atoms with Crippen LogP contribution in [0.3, 0.4) is 0 Å². The highest BCUT2D eigenvalue weighted by molar-refractivity contribution is 7.12. The molecule has 2 rings (SSSR count). The van der Waals surface area contributed by atoms with Crippen LogP contribution in [0.4, 0.5) is 0 Å². The molecule has 2 aromatic rings. The van der Waals surface area contributed by atoms with Crippen molar-refractivity contribution in [2.45, 2.75) is 26.3 Å². The standard InChI is InChI=1S/C13H16N2OS/c1-3-10(2)14-13(16)12-11(6-9-17-12)15-7-4-5-8-15/h4-10H,3H2,1-2H3,(H,14,16)/t10-/m1/s1. The number of nitrogens with zero attached hydrogens (tertiary/aromatic N) is 1. The minimum Gasteiger partial charge on any atom is -0.349 e. The van der Waals surface area contributed by atoms with Crippen LogP contribution in [0.15, 0.2) is 36.0 Å². The molecular formula is C13H16N2OS. The molecule has 2 heterocycles. The lowest BCUT2D eigenvalue weighted by Crippen LogP contribution is -2.31. The fourth-order valence-electron chi connectivity index (χ4n) is 1.56. The van der Waals surface area contributed by atoms with E-state index in [9.17, 15) is 4.79 Å². The first-order valence-corrected chi connectivity index (χ1v) is 6.62. The lowest BCUT2D eigenvalue weighted by atomic mass is 10.2. The topological polar surface area (TPSA) is 34.0 Å². The molecule has 0 aliphatic heterocycles. The zero-order valence-corrected chi connectivity index (χ0v) is 10.8. The maximum atomic E-state index is 12.1. The first-order chi connectivity index (χ1) is 8.22. The van der Waals surface area contributed by atoms with Gasteiger partial charge in [-0.05, 0) is 36.9 Å². The summed E-state index contributed by atoms with van der Waals surface area (Å²) in [6.45, 7) is 4.08. The molecule has 1 N–H and O–H groups in total. The molecule has 0 unspecified atom stereocenters. The van der Waals surface area contributed by atoms with Crippen LogP contribution in [0.5, 0.6) is 0 Å². The summed E-state index contributed by atoms with van der Waals surface area (Å²) in [7, 11) is 0. The number of nitrogens with one attached hydrogen (secondary N) is 1. The Morgan fingerprint density at radius 1 is 1.47 bits per heavy atom. The van der Waals surface area contributed by atoms with Crippen LogP contribution >= 0.6 is 11.3 Å². The molecule has 0 saturated heterocycles. The molecule has 0 aliphatic rings. The monoisotopic (exact) mass is 248 g/mol. The fourth-order valence-corrected chi connectivity index (χ4v) is 2.36. The molecule has 0 radical (unpaired) electrons. The molecule has 0 aromatic carbocycles. The molecule has 0 spiro atoms. The van der Waals surface area contributed by atoms with Gasteiger partial charge in [0.2, 0.25) is 0 Å². The lowest BCUT2D eigenvalue weighted by Gasteiger charge is -2.11. The van der Waals surface area contributed by atoms with Crippen molar-refractivity contribution >= 4 is 17.2 Å². The van der Waals surface area contributed by atoms with E-state index in [0.717, 1.165) is 17.0 Å². The second kappa shape index (κ2) is 5.19. The first kappa shape index (κ1) is 11.9. The summed E-state index contributed by atoms with van der Waals surface area (Å²) in [5.41, 5.74) is 0.945. The third kappa shape index (κ3) is 2.58. The van der Waals surface area contributed by atoms with Crippen LogP contribution in [0.25, 0.3) is 5.69 Å². The van der Waals surface area contributed by atoms with Gasteiger partial charge in [-0.1, -0.05) is 6.92 Å². The number of carbonyl (C=O) groups is 1. The van der Waals surface area contributed by atoms with E-state index in [4.69, 9.17) is 0 Å². The Balaban J connectivity index is 2.22. The first-order valence-electron chi connectivity index (χ1n) is 5.74. The van der Waals surface area contributed by atoms with Gasteiger partial charge >= 0.3 is 0 Å². The van der Waals surface area contributed by atoms with Crippen molar-refractivity contribution in [2.24, 2.45) is 0 Å². The Kier molecular flexibility index (Phi) is 3.64. The average molecular weight is 248 g/mol. The van der Waals surface area contributed by atoms with E-state index in [1.165, 1.54) is 11.3 Å². The number of thiophene rings is 1. The maximum absolute atomic E-state index is 12.1. The highest BCUT2D eigenvalue weighted by atomic mass is 32.1. The van der Waals surface area contributed by atoms with Gasteiger partial charge in [0.15, 0.2) is 0 Å². The molecule has 1 amide bonds. The van der Waals surface area contributed by atoms with Crippen molar-refractivity contribution in [3.63, 3.8) is 0 Å². The van der Waals surface area contributed by atoms with Crippen molar-refractivity contribution in [1.82, 2.24) is 9.88 Å². The van der Waals surface area contributed by atoms with E-state index in [2.05, 4.69) is 12.2 Å². The molecule has 2 aromatic heterocycles. The van der Waals surface area contributed by atoms with Gasteiger partial charge in [0.05, 0.1) is 5.69 Å². The van der Waals surface area contributed by atoms with Crippen molar-refractivity contribution < 1.29 is 4.79 Å². The van der Waals surface area contributed by atoms with Gasteiger partial charge in [-0.15, -0.1) is 11.3 Å². The molecule has 3 nitrogen and oxygen atoms in total. The third-order valence-electron chi connectivity index (χ3n) is 2.72. The summed E-state index contributed by atoms with van der Waals surface area (Å²) < 4.78 is 1.96. The Hall–Kier alpha value is -1.55. The Labute approximate surface area is 105 Å². The number of aromatic nitrogens is 1. The van der Waals surface area contributed by atoms with Gasteiger partial charge in [0, 0.05) is 18.4 Å². The lowest BCUT2D eigenvalue weighted by molar-refractivity contribution is 0.0943. The molecular weight excluding hydrogens is 232 g/mol. The molecule has 0 saturated carbocycles. The zero-order valence-electron chi connectivity index (χ0n) is 10.0. The molecule has 0 aliphatic carbocycles. The number of rotatable bonds is 4. The van der Waals surface area contributed by atoms with Crippen LogP contribution in [-0.2, 0) is 0 Å². The van der Waals surface area contributed by atoms with Gasteiger partial charge in [-0.25, -0.2) is 0 Å². The minimum absolute atomic E-state index is 0.0121. The highest BCUT2D eigenvalue weighted by Gasteiger charge is 2.15. The van der Waals surface area contributed by atoms with Crippen LogP contribution < -0.4 is 5.32 Å². The van der Waals surface area contributed by atoms with Crippen LogP contribution in [0, 0.1) is 0 Å². The molecule has 1 atom stereocenters. The van der Waals surface area contributed by atoms with Crippen molar-refractivity contribution in [1.29, 1.82) is 0 Å². The largest absolute Gasteiger partial charge is 0.349 e. The van der Waals surface area contributed by atoms with Crippen molar-refractivity contribution in [3.8, 4) is 5.69 Å². The van der Waals surface area contributed by atoms with Crippen molar-refractivity contribution in [2.75, 3.05) is 0 Å². The normalized spacial score (nSPS) is 12.4. The summed E-state index contributed by atoms with van der Waals surface area (Å²) in [5.74, 6) is 0.0121. The average Bonchev–Trinajstić information content (AvgIpc) is 2.98. The molecule has 17 heavy (non-hydrogen) atoms. The van der Waals surface area contributed by atoms with E-state index < -0.39 is 0 Å². The van der Waals surface area contributed by atoms with Crippen LogP contribution in [0.2, 0.25) is 0 Å². The summed E-state index contributed by atoms with van der Waals surface area (Å²) in [6, 6.07) is 6.08. The van der Waals surface area contributed by atoms with E-state index >= 15 is 0 Å². The smallest absolute Gasteiger partial charge is 0.263 e. The number of hydrogen-bond donors (Lipinski definition) is 1. The van der Waals surface area contributed by atoms with Gasteiger partial charge in [0.25, 0.3) is 5.91 Å².